The summed E-state index contributed by atoms with van der Waals surface area (Å²) in [6.07, 6.45) is -6.29. The van der Waals surface area contributed by atoms with Gasteiger partial charge in [0.1, 0.15) is 5.75 Å². The van der Waals surface area contributed by atoms with Crippen LogP contribution in [-0.2, 0) is 11.3 Å². The number of ether oxygens (including phenoxy) is 2. The molecule has 0 spiro atoms. The molecule has 0 radical (unpaired) electrons. The maximum absolute atomic E-state index is 12.3. The molecule has 0 bridgehead atoms. The predicted molar refractivity (Wildman–Crippen MR) is 63.3 cm³/mol. The van der Waals surface area contributed by atoms with Crippen molar-refractivity contribution < 1.29 is 27.4 Å². The highest BCUT2D eigenvalue weighted by Crippen LogP contribution is 2.26. The van der Waals surface area contributed by atoms with Crippen LogP contribution in [0.5, 0.6) is 5.75 Å². The van der Waals surface area contributed by atoms with Crippen LogP contribution in [0.4, 0.5) is 13.2 Å². The fourth-order valence-electron chi connectivity index (χ4n) is 1.42. The van der Waals surface area contributed by atoms with Crippen molar-refractivity contribution in [1.29, 1.82) is 0 Å². The third-order valence-electron chi connectivity index (χ3n) is 2.64. The zero-order valence-electron chi connectivity index (χ0n) is 10.9. The molecule has 6 heteroatoms. The van der Waals surface area contributed by atoms with Crippen LogP contribution in [0, 0.1) is 0 Å². The second-order valence-electron chi connectivity index (χ2n) is 4.08. The lowest BCUT2D eigenvalue weighted by molar-refractivity contribution is -0.217. The number of carbonyl (C=O) groups excluding carboxylic acids is 1. The molecular formula is C13H15F3O3. The lowest BCUT2D eigenvalue weighted by Crippen LogP contribution is -2.28. The number of methoxy groups -OCH3 is 1. The first-order valence-electron chi connectivity index (χ1n) is 5.62. The summed E-state index contributed by atoms with van der Waals surface area (Å²) < 4.78 is 46.8. The SMILES string of the molecule is COc1ccc(C(C)=O)cc1COC(C)C(F)(F)F. The van der Waals surface area contributed by atoms with E-state index in [1.54, 1.807) is 6.07 Å². The van der Waals surface area contributed by atoms with E-state index >= 15 is 0 Å². The van der Waals surface area contributed by atoms with Crippen LogP contribution in [0.3, 0.4) is 0 Å². The molecule has 1 atom stereocenters. The molecule has 0 saturated carbocycles. The van der Waals surface area contributed by atoms with Crippen molar-refractivity contribution in [1.82, 2.24) is 0 Å². The van der Waals surface area contributed by atoms with Crippen molar-refractivity contribution in [2.24, 2.45) is 0 Å². The lowest BCUT2D eigenvalue weighted by atomic mass is 10.1. The van der Waals surface area contributed by atoms with Crippen LogP contribution in [0.1, 0.15) is 29.8 Å². The molecule has 19 heavy (non-hydrogen) atoms. The van der Waals surface area contributed by atoms with Crippen molar-refractivity contribution in [3.63, 3.8) is 0 Å². The number of alkyl halides is 3. The third kappa shape index (κ3) is 4.24. The number of hydrogen-bond donors (Lipinski definition) is 0. The molecule has 0 aliphatic heterocycles. The van der Waals surface area contributed by atoms with Crippen LogP contribution >= 0.6 is 0 Å². The highest BCUT2D eigenvalue weighted by molar-refractivity contribution is 5.94. The molecule has 0 heterocycles. The van der Waals surface area contributed by atoms with Gasteiger partial charge >= 0.3 is 6.18 Å². The number of rotatable bonds is 5. The van der Waals surface area contributed by atoms with Gasteiger partial charge in [-0.3, -0.25) is 4.79 Å². The monoisotopic (exact) mass is 276 g/mol. The van der Waals surface area contributed by atoms with Crippen LogP contribution in [-0.4, -0.2) is 25.2 Å². The van der Waals surface area contributed by atoms with Gasteiger partial charge in [-0.1, -0.05) is 0 Å². The van der Waals surface area contributed by atoms with Crippen LogP contribution in [0.2, 0.25) is 0 Å². The first kappa shape index (κ1) is 15.5. The van der Waals surface area contributed by atoms with E-state index in [0.29, 0.717) is 16.9 Å². The molecule has 1 rings (SSSR count). The van der Waals surface area contributed by atoms with Crippen molar-refractivity contribution in [3.8, 4) is 5.75 Å². The summed E-state index contributed by atoms with van der Waals surface area (Å²) in [6.45, 7) is 2.04. The van der Waals surface area contributed by atoms with Gasteiger partial charge < -0.3 is 9.47 Å². The van der Waals surface area contributed by atoms with Crippen molar-refractivity contribution in [3.05, 3.63) is 29.3 Å². The average Bonchev–Trinajstić information content (AvgIpc) is 2.34. The minimum absolute atomic E-state index is 0.173. The maximum Gasteiger partial charge on any atom is 0.414 e. The molecule has 0 amide bonds. The summed E-state index contributed by atoms with van der Waals surface area (Å²) in [5.41, 5.74) is 0.811. The van der Waals surface area contributed by atoms with E-state index in [2.05, 4.69) is 0 Å². The molecule has 1 aromatic carbocycles. The predicted octanol–water partition coefficient (Wildman–Crippen LogP) is 3.37. The Morgan fingerprint density at radius 1 is 1.37 bits per heavy atom. The molecule has 0 aliphatic carbocycles. The number of halogens is 3. The number of benzene rings is 1. The fourth-order valence-corrected chi connectivity index (χ4v) is 1.42. The molecule has 106 valence electrons. The molecule has 0 saturated heterocycles. The van der Waals surface area contributed by atoms with E-state index in [0.717, 1.165) is 6.92 Å². The average molecular weight is 276 g/mol. The molecule has 1 unspecified atom stereocenters. The van der Waals surface area contributed by atoms with E-state index in [-0.39, 0.29) is 12.4 Å². The lowest BCUT2D eigenvalue weighted by Gasteiger charge is -2.17. The van der Waals surface area contributed by atoms with Crippen molar-refractivity contribution >= 4 is 5.78 Å². The summed E-state index contributed by atoms with van der Waals surface area (Å²) in [7, 11) is 1.40. The molecule has 0 fully saturated rings. The Morgan fingerprint density at radius 2 is 2.00 bits per heavy atom. The summed E-state index contributed by atoms with van der Waals surface area (Å²) in [5, 5.41) is 0. The van der Waals surface area contributed by atoms with Gasteiger partial charge in [0.15, 0.2) is 11.9 Å². The van der Waals surface area contributed by atoms with Crippen molar-refractivity contribution in [2.75, 3.05) is 7.11 Å². The molecule has 1 aromatic rings. The summed E-state index contributed by atoms with van der Waals surface area (Å²) >= 11 is 0. The van der Waals surface area contributed by atoms with Gasteiger partial charge in [0.25, 0.3) is 0 Å². The largest absolute Gasteiger partial charge is 0.496 e. The Morgan fingerprint density at radius 3 is 2.47 bits per heavy atom. The Hall–Kier alpha value is -1.56. The van der Waals surface area contributed by atoms with Gasteiger partial charge in [-0.15, -0.1) is 0 Å². The minimum Gasteiger partial charge on any atom is -0.496 e. The third-order valence-corrected chi connectivity index (χ3v) is 2.64. The van der Waals surface area contributed by atoms with E-state index < -0.39 is 12.3 Å². The van der Waals surface area contributed by atoms with E-state index in [9.17, 15) is 18.0 Å². The van der Waals surface area contributed by atoms with Gasteiger partial charge in [0.05, 0.1) is 13.7 Å². The van der Waals surface area contributed by atoms with Gasteiger partial charge in [0, 0.05) is 11.1 Å². The Balaban J connectivity index is 2.87. The standard InChI is InChI=1S/C13H15F3O3/c1-8(17)10-4-5-12(18-3)11(6-10)7-19-9(2)13(14,15)16/h4-6,9H,7H2,1-3H3. The van der Waals surface area contributed by atoms with Crippen LogP contribution < -0.4 is 4.74 Å². The Labute approximate surface area is 109 Å². The van der Waals surface area contributed by atoms with Gasteiger partial charge in [-0.25, -0.2) is 0 Å². The number of hydrogen-bond acceptors (Lipinski definition) is 3. The number of carbonyl (C=O) groups is 1. The van der Waals surface area contributed by atoms with Crippen LogP contribution in [0.15, 0.2) is 18.2 Å². The van der Waals surface area contributed by atoms with Gasteiger partial charge in [-0.05, 0) is 32.0 Å². The Kier molecular flexibility index (Phi) is 4.94. The molecular weight excluding hydrogens is 261 g/mol. The number of ketones is 1. The second-order valence-corrected chi connectivity index (χ2v) is 4.08. The molecule has 0 aliphatic rings. The van der Waals surface area contributed by atoms with E-state index in [1.165, 1.54) is 26.2 Å². The first-order valence-corrected chi connectivity index (χ1v) is 5.62. The highest BCUT2D eigenvalue weighted by atomic mass is 19.4. The maximum atomic E-state index is 12.3. The molecule has 0 N–H and O–H groups in total. The summed E-state index contributed by atoms with van der Waals surface area (Å²) in [4.78, 5) is 11.2. The summed E-state index contributed by atoms with van der Waals surface area (Å²) in [5.74, 6) is 0.215. The zero-order valence-corrected chi connectivity index (χ0v) is 10.9. The topological polar surface area (TPSA) is 35.5 Å². The second kappa shape index (κ2) is 6.06. The van der Waals surface area contributed by atoms with Gasteiger partial charge in [-0.2, -0.15) is 13.2 Å². The molecule has 3 nitrogen and oxygen atoms in total. The van der Waals surface area contributed by atoms with Crippen LogP contribution in [0.25, 0.3) is 0 Å². The Bertz CT molecular complexity index is 455. The van der Waals surface area contributed by atoms with Gasteiger partial charge in [0.2, 0.25) is 0 Å². The number of Topliss-reactive ketones (excluding diaryl/α,β-unsaturated/α-hetero) is 1. The minimum atomic E-state index is -4.41. The molecule has 0 aromatic heterocycles. The normalized spacial score (nSPS) is 13.2. The highest BCUT2D eigenvalue weighted by Gasteiger charge is 2.36. The summed E-state index contributed by atoms with van der Waals surface area (Å²) in [6, 6.07) is 4.57. The smallest absolute Gasteiger partial charge is 0.414 e. The van der Waals surface area contributed by atoms with Crippen molar-refractivity contribution in [2.45, 2.75) is 32.7 Å². The van der Waals surface area contributed by atoms with E-state index in [4.69, 9.17) is 9.47 Å². The quantitative estimate of drug-likeness (QED) is 0.773. The van der Waals surface area contributed by atoms with E-state index in [1.807, 2.05) is 0 Å². The zero-order chi connectivity index (χ0) is 14.6. The fraction of sp³-hybridized carbons (Fsp3) is 0.462. The first-order chi connectivity index (χ1) is 8.75.